The van der Waals surface area contributed by atoms with Crippen LogP contribution in [0.4, 0.5) is 5.69 Å². The second kappa shape index (κ2) is 11.7. The van der Waals surface area contributed by atoms with Crippen molar-refractivity contribution in [3.63, 3.8) is 0 Å². The molecule has 13 heteroatoms. The number of amides is 1. The Morgan fingerprint density at radius 1 is 0.976 bits per heavy atom. The molecule has 0 saturated carbocycles. The summed E-state index contributed by atoms with van der Waals surface area (Å²) in [5.41, 5.74) is 0.0469. The molecule has 1 saturated heterocycles. The topological polar surface area (TPSA) is 155 Å². The quantitative estimate of drug-likeness (QED) is 0.106. The fourth-order valence-corrected chi connectivity index (χ4v) is 6.33. The number of carbonyl (C=O) groups excluding carboxylic acids is 2. The van der Waals surface area contributed by atoms with Crippen LogP contribution in [0, 0.1) is 22.0 Å². The first-order valence-corrected chi connectivity index (χ1v) is 14.5. The summed E-state index contributed by atoms with van der Waals surface area (Å²) in [5.74, 6) is -2.82. The number of phosphoric acid groups is 1. The summed E-state index contributed by atoms with van der Waals surface area (Å²) in [5, 5.41) is 21.2. The summed E-state index contributed by atoms with van der Waals surface area (Å²) < 4.78 is 37.0. The van der Waals surface area contributed by atoms with Gasteiger partial charge >= 0.3 is 13.8 Å². The SMILES string of the molecule is C[C@@H]1C(OP(=O)(Oc2ccccc2)Oc2ccccc2)=C(C(=O)OCc2ccc([N+](=O)[O-])cc2)N2C(=O)C([C@@H](C)O)[C@@H]12. The molecule has 3 aromatic rings. The second-order valence-corrected chi connectivity index (χ2v) is 11.3. The number of carbonyl (C=O) groups is 2. The van der Waals surface area contributed by atoms with Crippen LogP contribution in [0.15, 0.2) is 96.4 Å². The number of nitro groups is 1. The standard InChI is InChI=1S/C29H27N2O10P/c1-18-25-24(19(2)32)28(33)30(25)26(29(34)38-17-20-13-15-21(16-14-20)31(35)36)27(18)41-42(37,39-22-9-5-3-6-10-22)40-23-11-7-4-8-12-23/h3-16,18-19,24-25,32H,17H2,1-2H3/t18-,19+,24?,25+/m0/s1. The third-order valence-corrected chi connectivity index (χ3v) is 8.24. The van der Waals surface area contributed by atoms with Crippen LogP contribution in [0.25, 0.3) is 0 Å². The van der Waals surface area contributed by atoms with Crippen molar-refractivity contribution < 1.29 is 42.5 Å². The predicted octanol–water partition coefficient (Wildman–Crippen LogP) is 4.99. The Labute approximate surface area is 240 Å². The van der Waals surface area contributed by atoms with Crippen LogP contribution >= 0.6 is 7.82 Å². The molecule has 3 aromatic carbocycles. The summed E-state index contributed by atoms with van der Waals surface area (Å²) in [6, 6.07) is 21.1. The molecular weight excluding hydrogens is 567 g/mol. The van der Waals surface area contributed by atoms with E-state index < -0.39 is 48.6 Å². The van der Waals surface area contributed by atoms with E-state index in [0.29, 0.717) is 5.56 Å². The van der Waals surface area contributed by atoms with Crippen molar-refractivity contribution in [1.82, 2.24) is 4.90 Å². The average molecular weight is 595 g/mol. The van der Waals surface area contributed by atoms with Crippen molar-refractivity contribution in [2.24, 2.45) is 11.8 Å². The molecule has 1 fully saturated rings. The Kier molecular flexibility index (Phi) is 8.02. The number of phosphoric ester groups is 1. The van der Waals surface area contributed by atoms with Crippen LogP contribution in [0.2, 0.25) is 0 Å². The summed E-state index contributed by atoms with van der Waals surface area (Å²) in [6.07, 6.45) is -1.02. The Bertz CT molecular complexity index is 1510. The van der Waals surface area contributed by atoms with Gasteiger partial charge in [0.1, 0.15) is 23.9 Å². The number of nitrogens with zero attached hydrogens (tertiary/aromatic N) is 2. The third-order valence-electron chi connectivity index (χ3n) is 6.95. The van der Waals surface area contributed by atoms with E-state index in [2.05, 4.69) is 0 Å². The molecule has 5 rings (SSSR count). The zero-order chi connectivity index (χ0) is 30.0. The van der Waals surface area contributed by atoms with Crippen molar-refractivity contribution in [1.29, 1.82) is 0 Å². The van der Waals surface area contributed by atoms with Crippen LogP contribution < -0.4 is 9.05 Å². The largest absolute Gasteiger partial charge is 0.646 e. The predicted molar refractivity (Wildman–Crippen MR) is 148 cm³/mol. The molecule has 0 aromatic heterocycles. The van der Waals surface area contributed by atoms with E-state index in [1.807, 2.05) is 0 Å². The highest BCUT2D eigenvalue weighted by molar-refractivity contribution is 7.49. The Hall–Kier alpha value is -4.67. The lowest BCUT2D eigenvalue weighted by Gasteiger charge is -2.46. The molecule has 2 heterocycles. The first-order chi connectivity index (χ1) is 20.1. The number of nitro benzene ring substituents is 1. The van der Waals surface area contributed by atoms with Crippen molar-refractivity contribution in [2.75, 3.05) is 0 Å². The molecule has 0 radical (unpaired) electrons. The van der Waals surface area contributed by atoms with Gasteiger partial charge in [-0.15, -0.1) is 0 Å². The van der Waals surface area contributed by atoms with E-state index in [4.69, 9.17) is 18.3 Å². The molecule has 1 unspecified atom stereocenters. The van der Waals surface area contributed by atoms with Gasteiger partial charge in [0, 0.05) is 18.1 Å². The summed E-state index contributed by atoms with van der Waals surface area (Å²) in [4.78, 5) is 38.1. The normalized spacial score (nSPS) is 20.3. The molecular formula is C29H27N2O10P. The fraction of sp³-hybridized carbons (Fsp3) is 0.241. The molecule has 2 aliphatic rings. The molecule has 0 aliphatic carbocycles. The number of hydrogen-bond donors (Lipinski definition) is 1. The van der Waals surface area contributed by atoms with Gasteiger partial charge in [-0.25, -0.2) is 4.79 Å². The first kappa shape index (κ1) is 28.8. The van der Waals surface area contributed by atoms with Gasteiger partial charge in [-0.2, -0.15) is 4.57 Å². The zero-order valence-electron chi connectivity index (χ0n) is 22.6. The maximum atomic E-state index is 14.2. The molecule has 1 N–H and O–H groups in total. The number of para-hydroxylation sites is 2. The van der Waals surface area contributed by atoms with Gasteiger partial charge in [0.05, 0.1) is 23.0 Å². The lowest BCUT2D eigenvalue weighted by atomic mass is 9.79. The maximum Gasteiger partial charge on any atom is 0.646 e. The molecule has 4 atom stereocenters. The minimum absolute atomic E-state index is 0.126. The van der Waals surface area contributed by atoms with Crippen molar-refractivity contribution >= 4 is 25.4 Å². The van der Waals surface area contributed by atoms with E-state index in [-0.39, 0.29) is 35.2 Å². The van der Waals surface area contributed by atoms with Gasteiger partial charge < -0.3 is 23.4 Å². The smallest absolute Gasteiger partial charge is 0.456 e. The summed E-state index contributed by atoms with van der Waals surface area (Å²) in [6.45, 7) is 2.87. The Balaban J connectivity index is 1.48. The molecule has 0 bridgehead atoms. The van der Waals surface area contributed by atoms with E-state index in [1.165, 1.54) is 36.1 Å². The molecule has 42 heavy (non-hydrogen) atoms. The lowest BCUT2D eigenvalue weighted by molar-refractivity contribution is -0.384. The highest BCUT2D eigenvalue weighted by Gasteiger charge is 2.62. The van der Waals surface area contributed by atoms with Crippen molar-refractivity contribution in [2.45, 2.75) is 32.6 Å². The van der Waals surface area contributed by atoms with E-state index in [1.54, 1.807) is 67.6 Å². The minimum atomic E-state index is -4.54. The van der Waals surface area contributed by atoms with Crippen molar-refractivity contribution in [3.8, 4) is 11.5 Å². The minimum Gasteiger partial charge on any atom is -0.456 e. The number of fused-ring (bicyclic) bond motifs is 1. The Morgan fingerprint density at radius 3 is 2.02 bits per heavy atom. The van der Waals surface area contributed by atoms with Crippen molar-refractivity contribution in [3.05, 3.63) is 112 Å². The van der Waals surface area contributed by atoms with E-state index in [0.717, 1.165) is 0 Å². The monoisotopic (exact) mass is 594 g/mol. The van der Waals surface area contributed by atoms with Gasteiger partial charge in [-0.3, -0.25) is 19.8 Å². The van der Waals surface area contributed by atoms with Gasteiger partial charge in [0.25, 0.3) is 5.69 Å². The molecule has 2 aliphatic heterocycles. The van der Waals surface area contributed by atoms with Crippen LogP contribution in [0.1, 0.15) is 19.4 Å². The number of ether oxygens (including phenoxy) is 1. The van der Waals surface area contributed by atoms with Crippen LogP contribution in [-0.2, 0) is 30.0 Å². The second-order valence-electron chi connectivity index (χ2n) is 9.81. The van der Waals surface area contributed by atoms with Gasteiger partial charge in [0.15, 0.2) is 5.70 Å². The summed E-state index contributed by atoms with van der Waals surface area (Å²) >= 11 is 0. The van der Waals surface area contributed by atoms with Crippen LogP contribution in [-0.4, -0.2) is 39.0 Å². The molecule has 218 valence electrons. The fourth-order valence-electron chi connectivity index (χ4n) is 4.96. The molecule has 12 nitrogen and oxygen atoms in total. The number of rotatable bonds is 11. The number of non-ortho nitro benzene ring substituents is 1. The Morgan fingerprint density at radius 2 is 1.52 bits per heavy atom. The summed E-state index contributed by atoms with van der Waals surface area (Å²) in [7, 11) is -4.54. The van der Waals surface area contributed by atoms with Gasteiger partial charge in [-0.05, 0) is 48.9 Å². The molecule has 0 spiro atoms. The zero-order valence-corrected chi connectivity index (χ0v) is 23.5. The van der Waals surface area contributed by atoms with Gasteiger partial charge in [-0.1, -0.05) is 43.3 Å². The van der Waals surface area contributed by atoms with E-state index >= 15 is 0 Å². The number of aliphatic hydroxyl groups is 1. The lowest BCUT2D eigenvalue weighted by Crippen LogP contribution is -2.63. The average Bonchev–Trinajstić information content (AvgIpc) is 3.20. The van der Waals surface area contributed by atoms with E-state index in [9.17, 15) is 29.4 Å². The first-order valence-electron chi connectivity index (χ1n) is 13.0. The van der Waals surface area contributed by atoms with Crippen LogP contribution in [0.5, 0.6) is 11.5 Å². The van der Waals surface area contributed by atoms with Gasteiger partial charge in [0.2, 0.25) is 5.91 Å². The van der Waals surface area contributed by atoms with Crippen LogP contribution in [0.3, 0.4) is 0 Å². The highest BCUT2D eigenvalue weighted by atomic mass is 31.2. The maximum absolute atomic E-state index is 14.2. The number of benzene rings is 3. The number of hydrogen-bond acceptors (Lipinski definition) is 10. The molecule has 1 amide bonds. The number of esters is 1. The third kappa shape index (κ3) is 5.72. The highest BCUT2D eigenvalue weighted by Crippen LogP contribution is 2.57. The number of β-lactam (4-membered cyclic amide) rings is 1. The number of aliphatic hydroxyl groups excluding tert-OH is 1.